The van der Waals surface area contributed by atoms with E-state index in [1.165, 1.54) is 12.3 Å². The minimum Gasteiger partial charge on any atom is -0.457 e. The van der Waals surface area contributed by atoms with E-state index in [0.29, 0.717) is 37.1 Å². The number of amides is 1. The van der Waals surface area contributed by atoms with Gasteiger partial charge < -0.3 is 30.1 Å². The first-order chi connectivity index (χ1) is 16.8. The van der Waals surface area contributed by atoms with Gasteiger partial charge in [0.25, 0.3) is 0 Å². The molecule has 0 spiro atoms. The molecule has 1 saturated heterocycles. The number of hydrogen-bond donors (Lipinski definition) is 2. The standard InChI is InChI=1S/C26H29N5O4/c1-4-22(32)30-14-15-31(26(2,3)17-30)25-28-16-21(23(27)33)24(29-25)35-20-12-10-19(11-13-20)34-18-8-6-5-7-9-18/h4-13,16,23,33H,1,14-15,17,27H2,2-3H3. The maximum Gasteiger partial charge on any atom is 0.246 e. The number of aliphatic hydroxyl groups excluding tert-OH is 1. The molecule has 3 N–H and O–H groups in total. The number of benzene rings is 2. The van der Waals surface area contributed by atoms with Gasteiger partial charge in [-0.25, -0.2) is 4.98 Å². The van der Waals surface area contributed by atoms with Crippen molar-refractivity contribution in [3.05, 3.63) is 79.0 Å². The van der Waals surface area contributed by atoms with E-state index >= 15 is 0 Å². The smallest absolute Gasteiger partial charge is 0.246 e. The van der Waals surface area contributed by atoms with E-state index in [2.05, 4.69) is 16.5 Å². The third kappa shape index (κ3) is 5.59. The van der Waals surface area contributed by atoms with Crippen LogP contribution in [-0.4, -0.2) is 51.1 Å². The molecule has 1 atom stereocenters. The number of para-hydroxylation sites is 1. The van der Waals surface area contributed by atoms with Gasteiger partial charge in [0, 0.05) is 25.8 Å². The minimum atomic E-state index is -1.31. The molecule has 35 heavy (non-hydrogen) atoms. The number of aromatic nitrogens is 2. The summed E-state index contributed by atoms with van der Waals surface area (Å²) >= 11 is 0. The van der Waals surface area contributed by atoms with Crippen LogP contribution >= 0.6 is 0 Å². The molecule has 9 heteroatoms. The summed E-state index contributed by atoms with van der Waals surface area (Å²) in [6, 6.07) is 16.5. The average Bonchev–Trinajstić information content (AvgIpc) is 2.84. The van der Waals surface area contributed by atoms with E-state index in [0.717, 1.165) is 5.75 Å². The number of carbonyl (C=O) groups is 1. The number of rotatable bonds is 7. The van der Waals surface area contributed by atoms with E-state index in [1.54, 1.807) is 29.2 Å². The largest absolute Gasteiger partial charge is 0.457 e. The number of nitrogens with two attached hydrogens (primary N) is 1. The van der Waals surface area contributed by atoms with Crippen molar-refractivity contribution in [2.45, 2.75) is 25.6 Å². The van der Waals surface area contributed by atoms with Gasteiger partial charge in [0.1, 0.15) is 23.5 Å². The number of carbonyl (C=O) groups excluding carboxylic acids is 1. The van der Waals surface area contributed by atoms with Gasteiger partial charge in [-0.2, -0.15) is 4.98 Å². The monoisotopic (exact) mass is 475 g/mol. The van der Waals surface area contributed by atoms with E-state index in [9.17, 15) is 9.90 Å². The lowest BCUT2D eigenvalue weighted by atomic mass is 9.99. The third-order valence-corrected chi connectivity index (χ3v) is 5.73. The predicted octanol–water partition coefficient (Wildman–Crippen LogP) is 3.62. The van der Waals surface area contributed by atoms with Crippen molar-refractivity contribution < 1.29 is 19.4 Å². The van der Waals surface area contributed by atoms with Crippen molar-refractivity contribution in [3.8, 4) is 23.1 Å². The summed E-state index contributed by atoms with van der Waals surface area (Å²) in [6.45, 7) is 9.13. The summed E-state index contributed by atoms with van der Waals surface area (Å²) in [5.41, 5.74) is 5.56. The maximum atomic E-state index is 12.1. The fraction of sp³-hybridized carbons (Fsp3) is 0.269. The highest BCUT2D eigenvalue weighted by atomic mass is 16.5. The van der Waals surface area contributed by atoms with Crippen LogP contribution in [0.2, 0.25) is 0 Å². The van der Waals surface area contributed by atoms with Gasteiger partial charge >= 0.3 is 0 Å². The van der Waals surface area contributed by atoms with Crippen LogP contribution in [0.15, 0.2) is 73.4 Å². The van der Waals surface area contributed by atoms with Gasteiger partial charge in [-0.05, 0) is 56.3 Å². The Morgan fingerprint density at radius 1 is 1.09 bits per heavy atom. The molecule has 0 radical (unpaired) electrons. The SMILES string of the molecule is C=CC(=O)N1CCN(c2ncc(C(N)O)c(Oc3ccc(Oc4ccccc4)cc3)n2)C(C)(C)C1. The van der Waals surface area contributed by atoms with Gasteiger partial charge in [0.15, 0.2) is 0 Å². The Hall–Kier alpha value is -3.95. The molecule has 1 aliphatic heterocycles. The molecule has 4 rings (SSSR count). The molecule has 1 aromatic heterocycles. The molecule has 9 nitrogen and oxygen atoms in total. The van der Waals surface area contributed by atoms with Crippen molar-refractivity contribution in [3.63, 3.8) is 0 Å². The van der Waals surface area contributed by atoms with E-state index in [1.807, 2.05) is 49.1 Å². The fourth-order valence-electron chi connectivity index (χ4n) is 3.94. The van der Waals surface area contributed by atoms with Crippen LogP contribution in [0.5, 0.6) is 23.1 Å². The summed E-state index contributed by atoms with van der Waals surface area (Å²) in [5, 5.41) is 10.0. The Morgan fingerprint density at radius 2 is 1.71 bits per heavy atom. The molecule has 0 aliphatic carbocycles. The Bertz CT molecular complexity index is 1180. The highest BCUT2D eigenvalue weighted by molar-refractivity contribution is 5.87. The van der Waals surface area contributed by atoms with Crippen LogP contribution in [0.25, 0.3) is 0 Å². The quantitative estimate of drug-likeness (QED) is 0.393. The first-order valence-electron chi connectivity index (χ1n) is 11.3. The number of ether oxygens (including phenoxy) is 2. The Balaban J connectivity index is 1.55. The summed E-state index contributed by atoms with van der Waals surface area (Å²) in [6.07, 6.45) is 1.48. The molecular weight excluding hydrogens is 446 g/mol. The molecule has 1 aliphatic rings. The molecule has 2 aromatic carbocycles. The number of piperazine rings is 1. The minimum absolute atomic E-state index is 0.107. The molecule has 0 saturated carbocycles. The molecule has 3 aromatic rings. The van der Waals surface area contributed by atoms with Crippen LogP contribution in [0.1, 0.15) is 25.6 Å². The Morgan fingerprint density at radius 3 is 2.31 bits per heavy atom. The Labute approximate surface area is 204 Å². The lowest BCUT2D eigenvalue weighted by Gasteiger charge is -2.46. The summed E-state index contributed by atoms with van der Waals surface area (Å²) < 4.78 is 11.8. The topological polar surface area (TPSA) is 114 Å². The van der Waals surface area contributed by atoms with Crippen molar-refractivity contribution in [1.82, 2.24) is 14.9 Å². The molecule has 0 bridgehead atoms. The van der Waals surface area contributed by atoms with Gasteiger partial charge in [-0.1, -0.05) is 24.8 Å². The number of anilines is 1. The van der Waals surface area contributed by atoms with Gasteiger partial charge in [-0.15, -0.1) is 0 Å². The van der Waals surface area contributed by atoms with Crippen LogP contribution in [0.4, 0.5) is 5.95 Å². The molecular formula is C26H29N5O4. The summed E-state index contributed by atoms with van der Waals surface area (Å²) in [7, 11) is 0. The normalized spacial score (nSPS) is 15.9. The number of nitrogens with zero attached hydrogens (tertiary/aromatic N) is 4. The second-order valence-electron chi connectivity index (χ2n) is 8.79. The zero-order valence-corrected chi connectivity index (χ0v) is 19.8. The lowest BCUT2D eigenvalue weighted by Crippen LogP contribution is -2.61. The van der Waals surface area contributed by atoms with Crippen LogP contribution in [0.3, 0.4) is 0 Å². The zero-order valence-electron chi connectivity index (χ0n) is 19.8. The fourth-order valence-corrected chi connectivity index (χ4v) is 3.94. The molecule has 2 heterocycles. The van der Waals surface area contributed by atoms with Gasteiger partial charge in [0.2, 0.25) is 17.7 Å². The predicted molar refractivity (Wildman–Crippen MR) is 132 cm³/mol. The second-order valence-corrected chi connectivity index (χ2v) is 8.79. The van der Waals surface area contributed by atoms with Crippen molar-refractivity contribution in [2.24, 2.45) is 5.73 Å². The molecule has 1 unspecified atom stereocenters. The van der Waals surface area contributed by atoms with Crippen LogP contribution < -0.4 is 20.1 Å². The number of hydrogen-bond acceptors (Lipinski definition) is 8. The van der Waals surface area contributed by atoms with Crippen LogP contribution in [0, 0.1) is 0 Å². The first kappa shape index (κ1) is 24.2. The van der Waals surface area contributed by atoms with Crippen molar-refractivity contribution >= 4 is 11.9 Å². The van der Waals surface area contributed by atoms with Gasteiger partial charge in [0.05, 0.1) is 11.1 Å². The van der Waals surface area contributed by atoms with Gasteiger partial charge in [-0.3, -0.25) is 4.79 Å². The second kappa shape index (κ2) is 10.1. The van der Waals surface area contributed by atoms with E-state index < -0.39 is 11.8 Å². The van der Waals surface area contributed by atoms with Crippen molar-refractivity contribution in [2.75, 3.05) is 24.5 Å². The van der Waals surface area contributed by atoms with E-state index in [-0.39, 0.29) is 17.4 Å². The summed E-state index contributed by atoms with van der Waals surface area (Å²) in [5.74, 6) is 2.35. The summed E-state index contributed by atoms with van der Waals surface area (Å²) in [4.78, 5) is 24.9. The maximum absolute atomic E-state index is 12.1. The third-order valence-electron chi connectivity index (χ3n) is 5.73. The lowest BCUT2D eigenvalue weighted by molar-refractivity contribution is -0.127. The molecule has 1 fully saturated rings. The van der Waals surface area contributed by atoms with Crippen LogP contribution in [-0.2, 0) is 4.79 Å². The average molecular weight is 476 g/mol. The number of aliphatic hydroxyl groups is 1. The first-order valence-corrected chi connectivity index (χ1v) is 11.3. The zero-order chi connectivity index (χ0) is 25.0. The Kier molecular flexibility index (Phi) is 6.99. The highest BCUT2D eigenvalue weighted by Gasteiger charge is 2.37. The van der Waals surface area contributed by atoms with Crippen molar-refractivity contribution in [1.29, 1.82) is 0 Å². The highest BCUT2D eigenvalue weighted by Crippen LogP contribution is 2.32. The molecule has 182 valence electrons. The molecule has 1 amide bonds. The van der Waals surface area contributed by atoms with E-state index in [4.69, 9.17) is 15.2 Å².